The molecule has 2 atom stereocenters. The van der Waals surface area contributed by atoms with Gasteiger partial charge in [-0.15, -0.1) is 0 Å². The summed E-state index contributed by atoms with van der Waals surface area (Å²) in [5.41, 5.74) is 0.496. The van der Waals surface area contributed by atoms with Crippen molar-refractivity contribution in [2.45, 2.75) is 6.10 Å². The van der Waals surface area contributed by atoms with E-state index in [0.717, 1.165) is 0 Å². The van der Waals surface area contributed by atoms with Crippen LogP contribution in [0.5, 0.6) is 5.75 Å². The number of carbonyl (C=O) groups is 1. The fourth-order valence-electron chi connectivity index (χ4n) is 2.33. The minimum atomic E-state index is -0.708. The molecule has 0 saturated heterocycles. The number of para-hydroxylation sites is 1. The maximum atomic E-state index is 12.4. The van der Waals surface area contributed by atoms with Crippen LogP contribution >= 0.6 is 0 Å². The second-order valence-electron chi connectivity index (χ2n) is 4.23. The van der Waals surface area contributed by atoms with E-state index in [1.807, 2.05) is 6.07 Å². The molecule has 0 bridgehead atoms. The van der Waals surface area contributed by atoms with Crippen LogP contribution in [-0.2, 0) is 4.74 Å². The summed E-state index contributed by atoms with van der Waals surface area (Å²) in [5, 5.41) is 10.1. The first-order valence-corrected chi connectivity index (χ1v) is 5.67. The van der Waals surface area contributed by atoms with E-state index in [-0.39, 0.29) is 11.5 Å². The Labute approximate surface area is 104 Å². The molecule has 0 aromatic heterocycles. The fourth-order valence-corrected chi connectivity index (χ4v) is 2.33. The lowest BCUT2D eigenvalue weighted by atomic mass is 9.84. The molecule has 1 aliphatic heterocycles. The van der Waals surface area contributed by atoms with E-state index in [1.54, 1.807) is 30.4 Å². The van der Waals surface area contributed by atoms with Gasteiger partial charge in [-0.2, -0.15) is 0 Å². The molecule has 0 amide bonds. The third-order valence-corrected chi connectivity index (χ3v) is 3.23. The van der Waals surface area contributed by atoms with Crippen LogP contribution in [0.15, 0.2) is 47.9 Å². The van der Waals surface area contributed by atoms with Gasteiger partial charge in [-0.1, -0.05) is 12.1 Å². The standard InChI is InChI=1S/C14H12O4/c1-17-11-7-6-10-12(14(11)16)13(15)8-4-2-3-5-9(8)18-10/h2-7,10,12,16H,1H3/t10-,12-/m0/s1. The van der Waals surface area contributed by atoms with Crippen molar-refractivity contribution in [3.63, 3.8) is 0 Å². The van der Waals surface area contributed by atoms with Crippen molar-refractivity contribution in [2.24, 2.45) is 5.92 Å². The molecule has 4 heteroatoms. The third-order valence-electron chi connectivity index (χ3n) is 3.23. The number of aliphatic hydroxyl groups excluding tert-OH is 1. The first kappa shape index (κ1) is 10.9. The summed E-state index contributed by atoms with van der Waals surface area (Å²) < 4.78 is 10.7. The Balaban J connectivity index is 2.09. The number of allylic oxidation sites excluding steroid dienone is 1. The number of hydrogen-bond acceptors (Lipinski definition) is 4. The molecule has 92 valence electrons. The predicted molar refractivity (Wildman–Crippen MR) is 64.5 cm³/mol. The molecule has 0 saturated carbocycles. The Morgan fingerprint density at radius 2 is 2.11 bits per heavy atom. The van der Waals surface area contributed by atoms with Crippen molar-refractivity contribution >= 4 is 5.78 Å². The van der Waals surface area contributed by atoms with Gasteiger partial charge in [0.15, 0.2) is 11.5 Å². The summed E-state index contributed by atoms with van der Waals surface area (Å²) in [5.74, 6) is -0.0442. The molecule has 2 aliphatic rings. The highest BCUT2D eigenvalue weighted by molar-refractivity contribution is 6.03. The quantitative estimate of drug-likeness (QED) is 0.823. The van der Waals surface area contributed by atoms with Gasteiger partial charge < -0.3 is 14.6 Å². The molecule has 3 rings (SSSR count). The van der Waals surface area contributed by atoms with E-state index < -0.39 is 12.0 Å². The lowest BCUT2D eigenvalue weighted by molar-refractivity contribution is 0.0701. The van der Waals surface area contributed by atoms with Crippen molar-refractivity contribution < 1.29 is 19.4 Å². The summed E-state index contributed by atoms with van der Waals surface area (Å²) in [6, 6.07) is 7.04. The van der Waals surface area contributed by atoms with Gasteiger partial charge in [0.2, 0.25) is 0 Å². The van der Waals surface area contributed by atoms with Gasteiger partial charge >= 0.3 is 0 Å². The largest absolute Gasteiger partial charge is 0.507 e. The zero-order valence-electron chi connectivity index (χ0n) is 9.79. The van der Waals surface area contributed by atoms with Gasteiger partial charge in [-0.3, -0.25) is 4.79 Å². The summed E-state index contributed by atoms with van der Waals surface area (Å²) in [6.45, 7) is 0. The molecule has 0 fully saturated rings. The van der Waals surface area contributed by atoms with Crippen LogP contribution in [0.25, 0.3) is 0 Å². The first-order valence-electron chi connectivity index (χ1n) is 5.67. The normalized spacial score (nSPS) is 25.3. The van der Waals surface area contributed by atoms with E-state index in [4.69, 9.17) is 9.47 Å². The number of benzene rings is 1. The molecular formula is C14H12O4. The number of hydrogen-bond donors (Lipinski definition) is 1. The molecule has 1 aromatic rings. The smallest absolute Gasteiger partial charge is 0.181 e. The van der Waals surface area contributed by atoms with Crippen molar-refractivity contribution in [2.75, 3.05) is 7.11 Å². The van der Waals surface area contributed by atoms with Crippen LogP contribution in [0.2, 0.25) is 0 Å². The minimum Gasteiger partial charge on any atom is -0.507 e. The molecule has 0 radical (unpaired) electrons. The van der Waals surface area contributed by atoms with E-state index in [1.165, 1.54) is 7.11 Å². The monoisotopic (exact) mass is 244 g/mol. The molecule has 1 N–H and O–H groups in total. The predicted octanol–water partition coefficient (Wildman–Crippen LogP) is 2.23. The number of carbonyl (C=O) groups excluding carboxylic acids is 1. The minimum absolute atomic E-state index is 0.0653. The molecule has 1 aliphatic carbocycles. The second-order valence-corrected chi connectivity index (χ2v) is 4.23. The van der Waals surface area contributed by atoms with E-state index in [2.05, 4.69) is 0 Å². The maximum Gasteiger partial charge on any atom is 0.181 e. The zero-order valence-corrected chi connectivity index (χ0v) is 9.79. The van der Waals surface area contributed by atoms with Gasteiger partial charge in [0.05, 0.1) is 12.7 Å². The van der Waals surface area contributed by atoms with Crippen molar-refractivity contribution in [1.29, 1.82) is 0 Å². The van der Waals surface area contributed by atoms with Crippen LogP contribution in [0, 0.1) is 5.92 Å². The topological polar surface area (TPSA) is 55.8 Å². The molecular weight excluding hydrogens is 232 g/mol. The SMILES string of the molecule is COC1=C(O)[C@@H]2C(=O)c3ccccc3O[C@H]2C=C1. The average molecular weight is 244 g/mol. The molecule has 4 nitrogen and oxygen atoms in total. The summed E-state index contributed by atoms with van der Waals surface area (Å²) in [6.07, 6.45) is 2.89. The van der Waals surface area contributed by atoms with Gasteiger partial charge in [-0.05, 0) is 24.3 Å². The van der Waals surface area contributed by atoms with E-state index in [9.17, 15) is 9.90 Å². The lowest BCUT2D eigenvalue weighted by Crippen LogP contribution is -2.39. The maximum absolute atomic E-state index is 12.4. The average Bonchev–Trinajstić information content (AvgIpc) is 2.39. The number of ether oxygens (including phenoxy) is 2. The van der Waals surface area contributed by atoms with Crippen LogP contribution in [-0.4, -0.2) is 24.1 Å². The van der Waals surface area contributed by atoms with Gasteiger partial charge in [0, 0.05) is 0 Å². The second kappa shape index (κ2) is 3.91. The first-order chi connectivity index (χ1) is 8.72. The van der Waals surface area contributed by atoms with Crippen LogP contribution in [0.4, 0.5) is 0 Å². The summed E-state index contributed by atoms with van der Waals surface area (Å²) in [4.78, 5) is 12.4. The molecule has 0 spiro atoms. The number of Topliss-reactive ketones (excluding diaryl/α,β-unsaturated/α-hetero) is 1. The van der Waals surface area contributed by atoms with Crippen LogP contribution in [0.3, 0.4) is 0 Å². The highest BCUT2D eigenvalue weighted by Crippen LogP contribution is 2.37. The fraction of sp³-hybridized carbons (Fsp3) is 0.214. The van der Waals surface area contributed by atoms with Crippen LogP contribution in [0.1, 0.15) is 10.4 Å². The molecule has 1 heterocycles. The third kappa shape index (κ3) is 1.42. The highest BCUT2D eigenvalue weighted by Gasteiger charge is 2.41. The van der Waals surface area contributed by atoms with Crippen molar-refractivity contribution in [3.8, 4) is 5.75 Å². The molecule has 18 heavy (non-hydrogen) atoms. The summed E-state index contributed by atoms with van der Waals surface area (Å²) >= 11 is 0. The Kier molecular flexibility index (Phi) is 2.37. The summed E-state index contributed by atoms with van der Waals surface area (Å²) in [7, 11) is 1.46. The zero-order chi connectivity index (χ0) is 12.7. The number of aliphatic hydroxyl groups is 1. The van der Waals surface area contributed by atoms with Gasteiger partial charge in [-0.25, -0.2) is 0 Å². The van der Waals surface area contributed by atoms with Crippen molar-refractivity contribution in [3.05, 3.63) is 53.5 Å². The Bertz CT molecular complexity index is 571. The van der Waals surface area contributed by atoms with E-state index in [0.29, 0.717) is 17.1 Å². The number of ketones is 1. The number of fused-ring (bicyclic) bond motifs is 2. The Morgan fingerprint density at radius 1 is 1.33 bits per heavy atom. The van der Waals surface area contributed by atoms with Crippen molar-refractivity contribution in [1.82, 2.24) is 0 Å². The van der Waals surface area contributed by atoms with Gasteiger partial charge in [0.25, 0.3) is 0 Å². The molecule has 1 aromatic carbocycles. The van der Waals surface area contributed by atoms with E-state index >= 15 is 0 Å². The Hall–Kier alpha value is -2.23. The Morgan fingerprint density at radius 3 is 2.89 bits per heavy atom. The van der Waals surface area contributed by atoms with Crippen LogP contribution < -0.4 is 4.74 Å². The highest BCUT2D eigenvalue weighted by atomic mass is 16.5. The number of rotatable bonds is 1. The lowest BCUT2D eigenvalue weighted by Gasteiger charge is -2.32. The van der Waals surface area contributed by atoms with Gasteiger partial charge in [0.1, 0.15) is 23.5 Å². The number of methoxy groups -OCH3 is 1. The molecule has 0 unspecified atom stereocenters.